The summed E-state index contributed by atoms with van der Waals surface area (Å²) in [6.45, 7) is 2.18. The molecule has 0 radical (unpaired) electrons. The first-order valence-corrected chi connectivity index (χ1v) is 7.25. The van der Waals surface area contributed by atoms with E-state index in [2.05, 4.69) is 6.92 Å². The predicted molar refractivity (Wildman–Crippen MR) is 72.6 cm³/mol. The Balaban J connectivity index is 2.03. The normalized spacial score (nSPS) is 29.2. The zero-order valence-electron chi connectivity index (χ0n) is 10.0. The van der Waals surface area contributed by atoms with Crippen molar-refractivity contribution in [3.63, 3.8) is 0 Å². The van der Waals surface area contributed by atoms with Gasteiger partial charge < -0.3 is 5.73 Å². The first kappa shape index (κ1) is 13.1. The minimum Gasteiger partial charge on any atom is -0.319 e. The molecule has 1 fully saturated rings. The molecule has 2 rings (SSSR count). The largest absolute Gasteiger partial charge is 0.319 e. The summed E-state index contributed by atoms with van der Waals surface area (Å²) in [6, 6.07) is 3.75. The van der Waals surface area contributed by atoms with E-state index in [1.165, 1.54) is 17.8 Å². The van der Waals surface area contributed by atoms with Gasteiger partial charge in [-0.15, -0.1) is 11.3 Å². The molecule has 2 nitrogen and oxygen atoms in total. The van der Waals surface area contributed by atoms with Crippen molar-refractivity contribution in [3.05, 3.63) is 21.3 Å². The number of rotatable bonds is 3. The van der Waals surface area contributed by atoms with Gasteiger partial charge in [0.2, 0.25) is 0 Å². The Labute approximate surface area is 111 Å². The summed E-state index contributed by atoms with van der Waals surface area (Å²) < 4.78 is 0.732. The molecule has 0 spiro atoms. The fraction of sp³-hybridized carbons (Fsp3) is 0.615. The van der Waals surface area contributed by atoms with Crippen molar-refractivity contribution in [1.29, 1.82) is 0 Å². The van der Waals surface area contributed by atoms with Gasteiger partial charge in [-0.2, -0.15) is 0 Å². The highest BCUT2D eigenvalue weighted by atomic mass is 35.5. The van der Waals surface area contributed by atoms with Gasteiger partial charge in [-0.05, 0) is 30.9 Å². The summed E-state index contributed by atoms with van der Waals surface area (Å²) in [5.74, 6) is 0.729. The summed E-state index contributed by atoms with van der Waals surface area (Å²) in [5.41, 5.74) is 5.67. The fourth-order valence-corrected chi connectivity index (χ4v) is 3.71. The molecule has 2 unspecified atom stereocenters. The lowest BCUT2D eigenvalue weighted by molar-refractivity contribution is -0.125. The molecule has 17 heavy (non-hydrogen) atoms. The van der Waals surface area contributed by atoms with Crippen molar-refractivity contribution < 1.29 is 4.79 Å². The average Bonchev–Trinajstić information content (AvgIpc) is 2.63. The maximum absolute atomic E-state index is 12.3. The molecule has 1 heterocycles. The van der Waals surface area contributed by atoms with Crippen molar-refractivity contribution >= 4 is 28.7 Å². The van der Waals surface area contributed by atoms with Gasteiger partial charge in [0.15, 0.2) is 5.78 Å². The first-order valence-electron chi connectivity index (χ1n) is 6.06. The van der Waals surface area contributed by atoms with E-state index < -0.39 is 5.54 Å². The molecule has 4 heteroatoms. The van der Waals surface area contributed by atoms with Gasteiger partial charge in [-0.1, -0.05) is 31.4 Å². The fourth-order valence-electron chi connectivity index (χ4n) is 2.63. The molecule has 1 aliphatic carbocycles. The van der Waals surface area contributed by atoms with Crippen LogP contribution in [0.2, 0.25) is 4.34 Å². The third-order valence-corrected chi connectivity index (χ3v) is 4.78. The Morgan fingerprint density at radius 1 is 1.65 bits per heavy atom. The number of halogens is 1. The van der Waals surface area contributed by atoms with Gasteiger partial charge in [-0.25, -0.2) is 0 Å². The van der Waals surface area contributed by atoms with E-state index in [4.69, 9.17) is 17.3 Å². The number of hydrogen-bond acceptors (Lipinski definition) is 3. The van der Waals surface area contributed by atoms with Crippen molar-refractivity contribution in [3.8, 4) is 0 Å². The van der Waals surface area contributed by atoms with Crippen LogP contribution in [0, 0.1) is 5.92 Å². The topological polar surface area (TPSA) is 43.1 Å². The van der Waals surface area contributed by atoms with E-state index in [0.717, 1.165) is 28.5 Å². The van der Waals surface area contributed by atoms with E-state index in [1.807, 2.05) is 12.1 Å². The number of carbonyl (C=O) groups is 1. The minimum absolute atomic E-state index is 0.169. The van der Waals surface area contributed by atoms with Crippen LogP contribution < -0.4 is 5.73 Å². The molecule has 1 aromatic rings. The van der Waals surface area contributed by atoms with Crippen molar-refractivity contribution in [2.45, 2.75) is 44.6 Å². The van der Waals surface area contributed by atoms with E-state index in [1.54, 1.807) is 0 Å². The number of thiophene rings is 1. The van der Waals surface area contributed by atoms with Crippen LogP contribution in [0.25, 0.3) is 0 Å². The monoisotopic (exact) mass is 271 g/mol. The number of carbonyl (C=O) groups excluding carboxylic acids is 1. The molecular formula is C13H18ClNOS. The second-order valence-corrected chi connectivity index (χ2v) is 6.96. The Kier molecular flexibility index (Phi) is 3.91. The highest BCUT2D eigenvalue weighted by Crippen LogP contribution is 2.32. The lowest BCUT2D eigenvalue weighted by Crippen LogP contribution is -2.51. The molecule has 0 amide bonds. The third kappa shape index (κ3) is 3.09. The zero-order valence-corrected chi connectivity index (χ0v) is 11.6. The van der Waals surface area contributed by atoms with Crippen LogP contribution in [-0.4, -0.2) is 11.3 Å². The van der Waals surface area contributed by atoms with Gasteiger partial charge >= 0.3 is 0 Å². The van der Waals surface area contributed by atoms with E-state index >= 15 is 0 Å². The molecule has 1 saturated carbocycles. The van der Waals surface area contributed by atoms with Crippen LogP contribution in [0.3, 0.4) is 0 Å². The number of hydrogen-bond donors (Lipinski definition) is 1. The van der Waals surface area contributed by atoms with Gasteiger partial charge in [0.05, 0.1) is 9.88 Å². The molecule has 2 atom stereocenters. The number of ketones is 1. The second kappa shape index (κ2) is 5.09. The minimum atomic E-state index is -0.603. The third-order valence-electron chi connectivity index (χ3n) is 3.55. The first-order chi connectivity index (χ1) is 7.99. The Hall–Kier alpha value is -0.380. The van der Waals surface area contributed by atoms with Crippen LogP contribution in [0.1, 0.15) is 37.5 Å². The van der Waals surface area contributed by atoms with Gasteiger partial charge in [0.25, 0.3) is 0 Å². The zero-order chi connectivity index (χ0) is 12.5. The molecule has 1 aliphatic rings. The summed E-state index contributed by atoms with van der Waals surface area (Å²) in [4.78, 5) is 13.3. The van der Waals surface area contributed by atoms with Crippen LogP contribution >= 0.6 is 22.9 Å². The number of Topliss-reactive ketones (excluding diaryl/α,β-unsaturated/α-hetero) is 1. The predicted octanol–water partition coefficient (Wildman–Crippen LogP) is 3.42. The van der Waals surface area contributed by atoms with E-state index in [-0.39, 0.29) is 5.78 Å². The SMILES string of the molecule is CC1CCCC(N)(C(=O)Cc2ccc(Cl)s2)C1. The molecule has 94 valence electrons. The summed E-state index contributed by atoms with van der Waals surface area (Å²) in [5, 5.41) is 0. The lowest BCUT2D eigenvalue weighted by Gasteiger charge is -2.35. The molecule has 0 aliphatic heterocycles. The highest BCUT2D eigenvalue weighted by Gasteiger charge is 2.37. The maximum atomic E-state index is 12.3. The van der Waals surface area contributed by atoms with Gasteiger partial charge in [-0.3, -0.25) is 4.79 Å². The van der Waals surface area contributed by atoms with Crippen LogP contribution in [0.4, 0.5) is 0 Å². The number of nitrogens with two attached hydrogens (primary N) is 1. The smallest absolute Gasteiger partial charge is 0.157 e. The van der Waals surface area contributed by atoms with Crippen LogP contribution in [0.5, 0.6) is 0 Å². The van der Waals surface area contributed by atoms with Crippen molar-refractivity contribution in [2.75, 3.05) is 0 Å². The summed E-state index contributed by atoms with van der Waals surface area (Å²) >= 11 is 7.33. The van der Waals surface area contributed by atoms with Gasteiger partial charge in [0, 0.05) is 11.3 Å². The van der Waals surface area contributed by atoms with Crippen LogP contribution in [0.15, 0.2) is 12.1 Å². The molecule has 2 N–H and O–H groups in total. The maximum Gasteiger partial charge on any atom is 0.157 e. The Morgan fingerprint density at radius 2 is 2.41 bits per heavy atom. The van der Waals surface area contributed by atoms with Crippen molar-refractivity contribution in [2.24, 2.45) is 11.7 Å². The molecular weight excluding hydrogens is 254 g/mol. The second-order valence-electron chi connectivity index (χ2n) is 5.16. The Morgan fingerprint density at radius 3 is 3.00 bits per heavy atom. The standard InChI is InChI=1S/C13H18ClNOS/c1-9-3-2-6-13(15,8-9)11(16)7-10-4-5-12(14)17-10/h4-5,9H,2-3,6-8,15H2,1H3. The van der Waals surface area contributed by atoms with Crippen molar-refractivity contribution in [1.82, 2.24) is 0 Å². The van der Waals surface area contributed by atoms with E-state index in [0.29, 0.717) is 12.3 Å². The van der Waals surface area contributed by atoms with Crippen LogP contribution in [-0.2, 0) is 11.2 Å². The Bertz CT molecular complexity index is 417. The molecule has 0 saturated heterocycles. The molecule has 0 bridgehead atoms. The van der Waals surface area contributed by atoms with E-state index in [9.17, 15) is 4.79 Å². The molecule has 0 aromatic carbocycles. The quantitative estimate of drug-likeness (QED) is 0.915. The molecule has 1 aromatic heterocycles. The lowest BCUT2D eigenvalue weighted by atomic mass is 9.74. The van der Waals surface area contributed by atoms with Gasteiger partial charge in [0.1, 0.15) is 0 Å². The summed E-state index contributed by atoms with van der Waals surface area (Å²) in [7, 11) is 0. The summed E-state index contributed by atoms with van der Waals surface area (Å²) in [6.07, 6.45) is 4.34. The highest BCUT2D eigenvalue weighted by molar-refractivity contribution is 7.16. The average molecular weight is 272 g/mol.